The van der Waals surface area contributed by atoms with E-state index in [4.69, 9.17) is 0 Å². The van der Waals surface area contributed by atoms with Gasteiger partial charge in [0, 0.05) is 11.1 Å². The number of nitrogens with zero attached hydrogens (tertiary/aromatic N) is 3. The minimum Gasteiger partial charge on any atom is -0.326 e. The summed E-state index contributed by atoms with van der Waals surface area (Å²) in [5.41, 5.74) is 2.00. The monoisotopic (exact) mass is 298 g/mol. The molecule has 0 bridgehead atoms. The standard InChI is InChI=1S/C16H15FN4O/c1-3-6-13-10(2)18-14(22)9-21(13)15-11-7-4-5-8-12(11)19-16(17)20-15/h3-8H,9H2,1-2H3,(H,18,22)/b6-3-. The zero-order valence-corrected chi connectivity index (χ0v) is 12.3. The summed E-state index contributed by atoms with van der Waals surface area (Å²) in [5, 5.41) is 3.49. The minimum absolute atomic E-state index is 0.0808. The maximum atomic E-state index is 13.8. The highest BCUT2D eigenvalue weighted by Crippen LogP contribution is 2.28. The van der Waals surface area contributed by atoms with Crippen LogP contribution in [0.25, 0.3) is 10.9 Å². The Morgan fingerprint density at radius 1 is 1.32 bits per heavy atom. The molecule has 0 unspecified atom stereocenters. The van der Waals surface area contributed by atoms with Gasteiger partial charge in [-0.25, -0.2) is 4.98 Å². The first kappa shape index (κ1) is 14.2. The lowest BCUT2D eigenvalue weighted by Crippen LogP contribution is -2.43. The molecule has 5 nitrogen and oxygen atoms in total. The van der Waals surface area contributed by atoms with Crippen LogP contribution in [0, 0.1) is 6.08 Å². The molecule has 0 aliphatic carbocycles. The van der Waals surface area contributed by atoms with Crippen molar-refractivity contribution >= 4 is 22.6 Å². The van der Waals surface area contributed by atoms with E-state index < -0.39 is 6.08 Å². The number of anilines is 1. The third-order valence-corrected chi connectivity index (χ3v) is 3.44. The van der Waals surface area contributed by atoms with Gasteiger partial charge in [-0.2, -0.15) is 9.37 Å². The van der Waals surface area contributed by atoms with Crippen molar-refractivity contribution in [1.82, 2.24) is 15.3 Å². The molecule has 1 aliphatic heterocycles. The molecule has 0 fully saturated rings. The number of benzene rings is 1. The maximum Gasteiger partial charge on any atom is 0.311 e. The number of carbonyl (C=O) groups excluding carboxylic acids is 1. The zero-order valence-electron chi connectivity index (χ0n) is 12.3. The zero-order chi connectivity index (χ0) is 15.7. The van der Waals surface area contributed by atoms with Crippen molar-refractivity contribution in [2.24, 2.45) is 0 Å². The van der Waals surface area contributed by atoms with Gasteiger partial charge in [-0.1, -0.05) is 18.2 Å². The Kier molecular flexibility index (Phi) is 3.58. The topological polar surface area (TPSA) is 58.1 Å². The highest BCUT2D eigenvalue weighted by Gasteiger charge is 2.25. The largest absolute Gasteiger partial charge is 0.326 e. The molecule has 1 aromatic carbocycles. The summed E-state index contributed by atoms with van der Waals surface area (Å²) < 4.78 is 13.8. The Morgan fingerprint density at radius 2 is 2.09 bits per heavy atom. The first-order valence-electron chi connectivity index (χ1n) is 6.93. The van der Waals surface area contributed by atoms with Gasteiger partial charge in [0.15, 0.2) is 0 Å². The number of para-hydroxylation sites is 1. The average molecular weight is 298 g/mol. The molecule has 1 aromatic heterocycles. The number of fused-ring (bicyclic) bond motifs is 1. The van der Waals surface area contributed by atoms with Crippen molar-refractivity contribution in [1.29, 1.82) is 0 Å². The van der Waals surface area contributed by atoms with Crippen LogP contribution >= 0.6 is 0 Å². The summed E-state index contributed by atoms with van der Waals surface area (Å²) in [6.45, 7) is 3.77. The van der Waals surface area contributed by atoms with E-state index in [2.05, 4.69) is 15.3 Å². The molecule has 112 valence electrons. The third kappa shape index (κ3) is 2.43. The van der Waals surface area contributed by atoms with E-state index in [1.165, 1.54) is 0 Å². The molecule has 2 heterocycles. The second kappa shape index (κ2) is 5.55. The van der Waals surface area contributed by atoms with Crippen LogP contribution in [0.4, 0.5) is 10.2 Å². The number of halogens is 1. The molecular formula is C16H15FN4O. The molecule has 22 heavy (non-hydrogen) atoms. The first-order chi connectivity index (χ1) is 10.6. The number of allylic oxidation sites excluding steroid dienone is 3. The van der Waals surface area contributed by atoms with Crippen molar-refractivity contribution in [2.75, 3.05) is 11.4 Å². The fourth-order valence-corrected chi connectivity index (χ4v) is 2.54. The van der Waals surface area contributed by atoms with Crippen molar-refractivity contribution in [2.45, 2.75) is 13.8 Å². The van der Waals surface area contributed by atoms with Gasteiger partial charge in [-0.3, -0.25) is 4.79 Å². The van der Waals surface area contributed by atoms with Crippen LogP contribution in [-0.4, -0.2) is 22.4 Å². The van der Waals surface area contributed by atoms with Crippen LogP contribution < -0.4 is 10.2 Å². The molecule has 0 saturated heterocycles. The average Bonchev–Trinajstić information content (AvgIpc) is 2.49. The quantitative estimate of drug-likeness (QED) is 0.866. The normalized spacial score (nSPS) is 15.8. The lowest BCUT2D eigenvalue weighted by molar-refractivity contribution is -0.119. The fraction of sp³-hybridized carbons (Fsp3) is 0.188. The third-order valence-electron chi connectivity index (χ3n) is 3.44. The lowest BCUT2D eigenvalue weighted by atomic mass is 10.1. The number of aromatic nitrogens is 2. The van der Waals surface area contributed by atoms with Crippen LogP contribution in [0.5, 0.6) is 0 Å². The molecule has 0 saturated carbocycles. The van der Waals surface area contributed by atoms with E-state index >= 15 is 0 Å². The summed E-state index contributed by atoms with van der Waals surface area (Å²) in [6, 6.07) is 7.16. The van der Waals surface area contributed by atoms with Gasteiger partial charge in [0.25, 0.3) is 0 Å². The van der Waals surface area contributed by atoms with E-state index in [0.29, 0.717) is 22.4 Å². The van der Waals surface area contributed by atoms with Crippen LogP contribution in [0.1, 0.15) is 13.8 Å². The van der Waals surface area contributed by atoms with Crippen molar-refractivity contribution < 1.29 is 9.18 Å². The molecule has 3 rings (SSSR count). The predicted molar refractivity (Wildman–Crippen MR) is 82.5 cm³/mol. The second-order valence-electron chi connectivity index (χ2n) is 4.98. The summed E-state index contributed by atoms with van der Waals surface area (Å²) >= 11 is 0. The molecule has 1 amide bonds. The van der Waals surface area contributed by atoms with Crippen molar-refractivity contribution in [3.8, 4) is 0 Å². The van der Waals surface area contributed by atoms with Crippen LogP contribution in [0.15, 0.2) is 47.8 Å². The van der Waals surface area contributed by atoms with Gasteiger partial charge >= 0.3 is 6.08 Å². The van der Waals surface area contributed by atoms with E-state index in [1.54, 1.807) is 24.0 Å². The summed E-state index contributed by atoms with van der Waals surface area (Å²) in [7, 11) is 0. The van der Waals surface area contributed by atoms with Gasteiger partial charge in [-0.15, -0.1) is 0 Å². The first-order valence-corrected chi connectivity index (χ1v) is 6.93. The van der Waals surface area contributed by atoms with Gasteiger partial charge in [0.05, 0.1) is 11.2 Å². The summed E-state index contributed by atoms with van der Waals surface area (Å²) in [5.74, 6) is 0.235. The number of rotatable bonds is 2. The Bertz CT molecular complexity index is 813. The maximum absolute atomic E-state index is 13.8. The molecule has 6 heteroatoms. The van der Waals surface area contributed by atoms with Crippen LogP contribution in [-0.2, 0) is 4.79 Å². The number of hydrogen-bond donors (Lipinski definition) is 1. The summed E-state index contributed by atoms with van der Waals surface area (Å²) in [4.78, 5) is 21.3. The predicted octanol–water partition coefficient (Wildman–Crippen LogP) is 2.51. The van der Waals surface area contributed by atoms with Gasteiger partial charge in [-0.05, 0) is 32.1 Å². The molecule has 1 N–H and O–H groups in total. The lowest BCUT2D eigenvalue weighted by Gasteiger charge is -2.31. The Balaban J connectivity index is 2.25. The number of nitrogens with one attached hydrogen (secondary N) is 1. The summed E-state index contributed by atoms with van der Waals surface area (Å²) in [6.07, 6.45) is 2.92. The highest BCUT2D eigenvalue weighted by atomic mass is 19.1. The molecular weight excluding hydrogens is 283 g/mol. The van der Waals surface area contributed by atoms with E-state index in [1.807, 2.05) is 31.2 Å². The van der Waals surface area contributed by atoms with Gasteiger partial charge in [0.2, 0.25) is 5.91 Å². The van der Waals surface area contributed by atoms with Crippen LogP contribution in [0.2, 0.25) is 0 Å². The highest BCUT2D eigenvalue weighted by molar-refractivity contribution is 5.94. The molecule has 0 atom stereocenters. The van der Waals surface area contributed by atoms with Crippen LogP contribution in [0.3, 0.4) is 0 Å². The van der Waals surface area contributed by atoms with E-state index in [0.717, 1.165) is 5.70 Å². The van der Waals surface area contributed by atoms with Crippen molar-refractivity contribution in [3.05, 3.63) is 53.9 Å². The molecule has 1 aliphatic rings. The SMILES string of the molecule is C/C=C\C1=C(C)NC(=O)CN1c1nc(F)nc2ccccc12. The minimum atomic E-state index is -0.808. The Morgan fingerprint density at radius 3 is 2.86 bits per heavy atom. The number of carbonyl (C=O) groups is 1. The fourth-order valence-electron chi connectivity index (χ4n) is 2.54. The Labute approximate surface area is 127 Å². The van der Waals surface area contributed by atoms with Crippen molar-refractivity contribution in [3.63, 3.8) is 0 Å². The molecule has 0 radical (unpaired) electrons. The van der Waals surface area contributed by atoms with E-state index in [-0.39, 0.29) is 12.5 Å². The number of hydrogen-bond acceptors (Lipinski definition) is 4. The molecule has 0 spiro atoms. The Hall–Kier alpha value is -2.76. The molecule has 2 aromatic rings. The van der Waals surface area contributed by atoms with Gasteiger partial charge in [0.1, 0.15) is 12.4 Å². The number of amides is 1. The smallest absolute Gasteiger partial charge is 0.311 e. The second-order valence-corrected chi connectivity index (χ2v) is 4.98. The van der Waals surface area contributed by atoms with Gasteiger partial charge < -0.3 is 10.2 Å². The van der Waals surface area contributed by atoms with E-state index in [9.17, 15) is 9.18 Å².